The average Bonchev–Trinajstić information content (AvgIpc) is 2.29. The van der Waals surface area contributed by atoms with Gasteiger partial charge in [0.1, 0.15) is 5.82 Å². The van der Waals surface area contributed by atoms with Crippen molar-refractivity contribution in [2.75, 3.05) is 20.1 Å². The lowest BCUT2D eigenvalue weighted by Crippen LogP contribution is -2.33. The molecule has 1 unspecified atom stereocenters. The fourth-order valence-corrected chi connectivity index (χ4v) is 1.75. The van der Waals surface area contributed by atoms with Gasteiger partial charge < -0.3 is 5.73 Å². The molecule has 0 saturated carbocycles. The van der Waals surface area contributed by atoms with Gasteiger partial charge in [0.05, 0.1) is 6.42 Å². The van der Waals surface area contributed by atoms with Crippen LogP contribution in [0.25, 0.3) is 0 Å². The summed E-state index contributed by atoms with van der Waals surface area (Å²) in [7, 11) is 1.51. The Morgan fingerprint density at radius 1 is 1.28 bits per heavy atom. The van der Waals surface area contributed by atoms with Gasteiger partial charge in [-0.05, 0) is 13.1 Å². The van der Waals surface area contributed by atoms with E-state index in [0.29, 0.717) is 5.56 Å². The third kappa shape index (κ3) is 4.27. The zero-order valence-corrected chi connectivity index (χ0v) is 10.0. The number of hydrogen-bond acceptors (Lipinski definition) is 2. The Kier molecular flexibility index (Phi) is 5.10. The minimum absolute atomic E-state index is 0.0648. The van der Waals surface area contributed by atoms with Gasteiger partial charge in [0.2, 0.25) is 0 Å². The van der Waals surface area contributed by atoms with Crippen molar-refractivity contribution in [1.82, 2.24) is 4.90 Å². The number of benzene rings is 1. The SMILES string of the molecule is CN(CCC(F)(F)F)C(CN)c1ccccc1F. The Labute approximate surface area is 103 Å². The van der Waals surface area contributed by atoms with E-state index in [-0.39, 0.29) is 13.1 Å². The Balaban J connectivity index is 2.75. The summed E-state index contributed by atoms with van der Waals surface area (Å²) in [6.07, 6.45) is -5.16. The van der Waals surface area contributed by atoms with E-state index in [1.807, 2.05) is 0 Å². The van der Waals surface area contributed by atoms with Crippen molar-refractivity contribution in [2.24, 2.45) is 5.73 Å². The van der Waals surface area contributed by atoms with Crippen LogP contribution in [0.5, 0.6) is 0 Å². The van der Waals surface area contributed by atoms with E-state index in [1.165, 1.54) is 30.1 Å². The first-order valence-electron chi connectivity index (χ1n) is 5.56. The number of alkyl halides is 3. The van der Waals surface area contributed by atoms with Gasteiger partial charge in [-0.1, -0.05) is 18.2 Å². The lowest BCUT2D eigenvalue weighted by atomic mass is 10.0. The second-order valence-corrected chi connectivity index (χ2v) is 4.12. The highest BCUT2D eigenvalue weighted by Gasteiger charge is 2.29. The molecule has 0 saturated heterocycles. The molecule has 0 bridgehead atoms. The van der Waals surface area contributed by atoms with Crippen molar-refractivity contribution in [3.05, 3.63) is 35.6 Å². The van der Waals surface area contributed by atoms with Gasteiger partial charge in [0.15, 0.2) is 0 Å². The molecule has 1 aromatic rings. The predicted octanol–water partition coefficient (Wildman–Crippen LogP) is 2.71. The van der Waals surface area contributed by atoms with Crippen molar-refractivity contribution >= 4 is 0 Å². The standard InChI is InChI=1S/C12H16F4N2/c1-18(7-6-12(14,15)16)11(8-17)9-4-2-3-5-10(9)13/h2-5,11H,6-8,17H2,1H3. The van der Waals surface area contributed by atoms with Crippen LogP contribution in [-0.4, -0.2) is 31.2 Å². The molecule has 2 N–H and O–H groups in total. The molecular weight excluding hydrogens is 248 g/mol. The zero-order chi connectivity index (χ0) is 13.8. The maximum absolute atomic E-state index is 13.6. The molecule has 6 heteroatoms. The number of rotatable bonds is 5. The van der Waals surface area contributed by atoms with Crippen molar-refractivity contribution in [3.8, 4) is 0 Å². The van der Waals surface area contributed by atoms with Crippen LogP contribution < -0.4 is 5.73 Å². The molecule has 1 rings (SSSR count). The molecule has 1 atom stereocenters. The summed E-state index contributed by atoms with van der Waals surface area (Å²) >= 11 is 0. The summed E-state index contributed by atoms with van der Waals surface area (Å²) in [4.78, 5) is 1.42. The van der Waals surface area contributed by atoms with Gasteiger partial charge in [0, 0.05) is 24.7 Å². The minimum atomic E-state index is -4.22. The summed E-state index contributed by atoms with van der Waals surface area (Å²) in [5.41, 5.74) is 5.85. The van der Waals surface area contributed by atoms with E-state index >= 15 is 0 Å². The molecule has 0 aliphatic carbocycles. The normalized spacial score (nSPS) is 13.9. The lowest BCUT2D eigenvalue weighted by molar-refractivity contribution is -0.138. The van der Waals surface area contributed by atoms with E-state index in [1.54, 1.807) is 6.07 Å². The highest BCUT2D eigenvalue weighted by molar-refractivity contribution is 5.21. The molecule has 0 aromatic heterocycles. The van der Waals surface area contributed by atoms with Gasteiger partial charge in [-0.15, -0.1) is 0 Å². The summed E-state index contributed by atoms with van der Waals surface area (Å²) in [6.45, 7) is -0.144. The first-order valence-corrected chi connectivity index (χ1v) is 5.56. The van der Waals surface area contributed by atoms with E-state index in [9.17, 15) is 17.6 Å². The number of likely N-dealkylation sites (N-methyl/N-ethyl adjacent to an activating group) is 1. The third-order valence-electron chi connectivity index (χ3n) is 2.77. The highest BCUT2D eigenvalue weighted by Crippen LogP contribution is 2.24. The summed E-state index contributed by atoms with van der Waals surface area (Å²) in [5, 5.41) is 0. The summed E-state index contributed by atoms with van der Waals surface area (Å²) in [5.74, 6) is -0.452. The van der Waals surface area contributed by atoms with E-state index in [0.717, 1.165) is 0 Å². The number of hydrogen-bond donors (Lipinski definition) is 1. The van der Waals surface area contributed by atoms with Crippen LogP contribution in [0, 0.1) is 5.82 Å². The molecule has 0 aliphatic rings. The first-order chi connectivity index (χ1) is 8.35. The third-order valence-corrected chi connectivity index (χ3v) is 2.77. The van der Waals surface area contributed by atoms with Gasteiger partial charge in [0.25, 0.3) is 0 Å². The fraction of sp³-hybridized carbons (Fsp3) is 0.500. The smallest absolute Gasteiger partial charge is 0.329 e. The Morgan fingerprint density at radius 3 is 2.39 bits per heavy atom. The quantitative estimate of drug-likeness (QED) is 0.828. The molecule has 18 heavy (non-hydrogen) atoms. The maximum atomic E-state index is 13.6. The molecule has 102 valence electrons. The molecule has 0 aliphatic heterocycles. The van der Waals surface area contributed by atoms with Crippen LogP contribution in [0.4, 0.5) is 17.6 Å². The van der Waals surface area contributed by atoms with Crippen molar-refractivity contribution in [1.29, 1.82) is 0 Å². The highest BCUT2D eigenvalue weighted by atomic mass is 19.4. The zero-order valence-electron chi connectivity index (χ0n) is 10.0. The van der Waals surface area contributed by atoms with Gasteiger partial charge in [-0.25, -0.2) is 4.39 Å². The van der Waals surface area contributed by atoms with Crippen LogP contribution in [0.15, 0.2) is 24.3 Å². The lowest BCUT2D eigenvalue weighted by Gasteiger charge is -2.27. The summed E-state index contributed by atoms with van der Waals surface area (Å²) < 4.78 is 50.0. The van der Waals surface area contributed by atoms with Gasteiger partial charge in [-0.3, -0.25) is 4.90 Å². The second-order valence-electron chi connectivity index (χ2n) is 4.12. The Bertz CT molecular complexity index is 379. The van der Waals surface area contributed by atoms with E-state index < -0.39 is 24.5 Å². The second kappa shape index (κ2) is 6.15. The van der Waals surface area contributed by atoms with Crippen LogP contribution in [0.2, 0.25) is 0 Å². The van der Waals surface area contributed by atoms with Gasteiger partial charge >= 0.3 is 6.18 Å². The number of nitrogens with zero attached hydrogens (tertiary/aromatic N) is 1. The molecule has 0 fully saturated rings. The van der Waals surface area contributed by atoms with Gasteiger partial charge in [-0.2, -0.15) is 13.2 Å². The number of halogens is 4. The largest absolute Gasteiger partial charge is 0.390 e. The van der Waals surface area contributed by atoms with Crippen molar-refractivity contribution in [2.45, 2.75) is 18.6 Å². The maximum Gasteiger partial charge on any atom is 0.390 e. The predicted molar refractivity (Wildman–Crippen MR) is 61.5 cm³/mol. The molecule has 2 nitrogen and oxygen atoms in total. The molecule has 0 radical (unpaired) electrons. The van der Waals surface area contributed by atoms with Crippen molar-refractivity contribution in [3.63, 3.8) is 0 Å². The molecule has 0 amide bonds. The number of nitrogens with two attached hydrogens (primary N) is 1. The van der Waals surface area contributed by atoms with Crippen LogP contribution >= 0.6 is 0 Å². The molecule has 0 heterocycles. The monoisotopic (exact) mass is 264 g/mol. The molecule has 0 spiro atoms. The van der Waals surface area contributed by atoms with Crippen molar-refractivity contribution < 1.29 is 17.6 Å². The van der Waals surface area contributed by atoms with Crippen LogP contribution in [-0.2, 0) is 0 Å². The molecular formula is C12H16F4N2. The summed E-state index contributed by atoms with van der Waals surface area (Å²) in [6, 6.07) is 5.43. The minimum Gasteiger partial charge on any atom is -0.329 e. The average molecular weight is 264 g/mol. The van der Waals surface area contributed by atoms with E-state index in [2.05, 4.69) is 0 Å². The molecule has 1 aromatic carbocycles. The Hall–Kier alpha value is -1.14. The Morgan fingerprint density at radius 2 is 1.89 bits per heavy atom. The fourth-order valence-electron chi connectivity index (χ4n) is 1.75. The van der Waals surface area contributed by atoms with Crippen LogP contribution in [0.1, 0.15) is 18.0 Å². The van der Waals surface area contributed by atoms with E-state index in [4.69, 9.17) is 5.73 Å². The first kappa shape index (κ1) is 14.9. The van der Waals surface area contributed by atoms with Crippen LogP contribution in [0.3, 0.4) is 0 Å². The topological polar surface area (TPSA) is 29.3 Å².